The van der Waals surface area contributed by atoms with Crippen molar-refractivity contribution in [2.75, 3.05) is 25.0 Å². The minimum absolute atomic E-state index is 0.0415. The first kappa shape index (κ1) is 14.7. The van der Waals surface area contributed by atoms with E-state index in [4.69, 9.17) is 0 Å². The molecule has 0 saturated carbocycles. The molecule has 5 nitrogen and oxygen atoms in total. The molecule has 1 unspecified atom stereocenters. The normalized spacial score (nSPS) is 12.4. The first-order chi connectivity index (χ1) is 8.58. The zero-order valence-electron chi connectivity index (χ0n) is 11.8. The fourth-order valence-electron chi connectivity index (χ4n) is 1.91. The number of hydrogen-bond acceptors (Lipinski definition) is 4. The number of nitrogens with zero attached hydrogens (tertiary/aromatic N) is 3. The van der Waals surface area contributed by atoms with E-state index in [1.165, 1.54) is 4.68 Å². The van der Waals surface area contributed by atoms with Gasteiger partial charge in [0.1, 0.15) is 0 Å². The summed E-state index contributed by atoms with van der Waals surface area (Å²) in [6, 6.07) is 1.90. The molecule has 0 aromatic carbocycles. The Morgan fingerprint density at radius 3 is 2.78 bits per heavy atom. The van der Waals surface area contributed by atoms with Crippen LogP contribution in [0.5, 0.6) is 0 Å². The second kappa shape index (κ2) is 7.16. The molecular formula is C13H24N4O. The predicted octanol–water partition coefficient (Wildman–Crippen LogP) is 1.09. The van der Waals surface area contributed by atoms with Crippen molar-refractivity contribution in [3.05, 3.63) is 22.6 Å². The highest BCUT2D eigenvalue weighted by molar-refractivity contribution is 5.41. The van der Waals surface area contributed by atoms with Crippen LogP contribution in [0.2, 0.25) is 0 Å². The highest BCUT2D eigenvalue weighted by Gasteiger charge is 2.06. The predicted molar refractivity (Wildman–Crippen MR) is 75.2 cm³/mol. The molecule has 0 aliphatic rings. The van der Waals surface area contributed by atoms with E-state index < -0.39 is 0 Å². The minimum atomic E-state index is -0.0415. The third-order valence-electron chi connectivity index (χ3n) is 2.85. The van der Waals surface area contributed by atoms with Crippen molar-refractivity contribution in [2.24, 2.45) is 0 Å². The summed E-state index contributed by atoms with van der Waals surface area (Å²) in [6.07, 6.45) is 2.81. The second-order valence-electron chi connectivity index (χ2n) is 4.61. The number of likely N-dealkylation sites (N-methyl/N-ethyl adjacent to an activating group) is 1. The van der Waals surface area contributed by atoms with Crippen molar-refractivity contribution in [2.45, 2.75) is 39.8 Å². The molecule has 1 aromatic heterocycles. The Bertz CT molecular complexity index is 416. The average molecular weight is 252 g/mol. The van der Waals surface area contributed by atoms with Gasteiger partial charge in [-0.05, 0) is 19.9 Å². The summed E-state index contributed by atoms with van der Waals surface area (Å²) in [5.41, 5.74) is 0.842. The quantitative estimate of drug-likeness (QED) is 0.789. The standard InChI is InChI=1S/C13H24N4O/c1-5-7-16(4)12-8-13(18)17(15-9-12)10-11(3)14-6-2/h8-9,11,14H,5-7,10H2,1-4H3. The maximum absolute atomic E-state index is 11.9. The van der Waals surface area contributed by atoms with Gasteiger partial charge in [0.05, 0.1) is 18.4 Å². The van der Waals surface area contributed by atoms with Gasteiger partial charge in [0.25, 0.3) is 5.56 Å². The number of aromatic nitrogens is 2. The smallest absolute Gasteiger partial charge is 0.268 e. The molecule has 1 N–H and O–H groups in total. The van der Waals surface area contributed by atoms with Gasteiger partial charge >= 0.3 is 0 Å². The third-order valence-corrected chi connectivity index (χ3v) is 2.85. The Morgan fingerprint density at radius 2 is 2.22 bits per heavy atom. The zero-order chi connectivity index (χ0) is 13.5. The number of rotatable bonds is 7. The summed E-state index contributed by atoms with van der Waals surface area (Å²) in [7, 11) is 1.98. The van der Waals surface area contributed by atoms with Crippen molar-refractivity contribution in [3.63, 3.8) is 0 Å². The molecule has 1 heterocycles. The Kier molecular flexibility index (Phi) is 5.85. The Labute approximate surface area is 109 Å². The lowest BCUT2D eigenvalue weighted by Gasteiger charge is -2.18. The van der Waals surface area contributed by atoms with Crippen LogP contribution in [0.4, 0.5) is 5.69 Å². The molecule has 18 heavy (non-hydrogen) atoms. The van der Waals surface area contributed by atoms with Gasteiger partial charge in [0.15, 0.2) is 0 Å². The summed E-state index contributed by atoms with van der Waals surface area (Å²) < 4.78 is 1.51. The van der Waals surface area contributed by atoms with E-state index in [0.29, 0.717) is 6.54 Å². The zero-order valence-corrected chi connectivity index (χ0v) is 11.8. The van der Waals surface area contributed by atoms with E-state index in [9.17, 15) is 4.79 Å². The van der Waals surface area contributed by atoms with Crippen molar-refractivity contribution in [1.29, 1.82) is 0 Å². The molecule has 0 amide bonds. The highest BCUT2D eigenvalue weighted by Crippen LogP contribution is 2.07. The molecular weight excluding hydrogens is 228 g/mol. The summed E-state index contributed by atoms with van der Waals surface area (Å²) in [4.78, 5) is 14.0. The molecule has 0 fully saturated rings. The largest absolute Gasteiger partial charge is 0.373 e. The minimum Gasteiger partial charge on any atom is -0.373 e. The van der Waals surface area contributed by atoms with E-state index in [0.717, 1.165) is 25.2 Å². The molecule has 0 radical (unpaired) electrons. The van der Waals surface area contributed by atoms with Gasteiger partial charge in [-0.3, -0.25) is 4.79 Å². The summed E-state index contributed by atoms with van der Waals surface area (Å²) in [5, 5.41) is 7.49. The van der Waals surface area contributed by atoms with Crippen LogP contribution in [0.15, 0.2) is 17.1 Å². The molecule has 0 bridgehead atoms. The summed E-state index contributed by atoms with van der Waals surface area (Å²) in [5.74, 6) is 0. The monoisotopic (exact) mass is 252 g/mol. The lowest BCUT2D eigenvalue weighted by molar-refractivity contribution is 0.447. The highest BCUT2D eigenvalue weighted by atomic mass is 16.1. The van der Waals surface area contributed by atoms with Crippen LogP contribution >= 0.6 is 0 Å². The number of anilines is 1. The van der Waals surface area contributed by atoms with Crippen molar-refractivity contribution in [1.82, 2.24) is 15.1 Å². The van der Waals surface area contributed by atoms with E-state index in [2.05, 4.69) is 31.2 Å². The van der Waals surface area contributed by atoms with Gasteiger partial charge in [-0.1, -0.05) is 13.8 Å². The SMILES string of the molecule is CCCN(C)c1cnn(CC(C)NCC)c(=O)c1. The molecule has 0 aliphatic heterocycles. The van der Waals surface area contributed by atoms with E-state index in [-0.39, 0.29) is 11.6 Å². The molecule has 102 valence electrons. The van der Waals surface area contributed by atoms with E-state index in [1.807, 2.05) is 11.9 Å². The topological polar surface area (TPSA) is 50.2 Å². The van der Waals surface area contributed by atoms with Crippen LogP contribution in [0.3, 0.4) is 0 Å². The second-order valence-corrected chi connectivity index (χ2v) is 4.61. The molecule has 0 saturated heterocycles. The van der Waals surface area contributed by atoms with Crippen LogP contribution in [0, 0.1) is 0 Å². The Hall–Kier alpha value is -1.36. The summed E-state index contributed by atoms with van der Waals surface area (Å²) in [6.45, 7) is 8.64. The molecule has 1 atom stereocenters. The first-order valence-electron chi connectivity index (χ1n) is 6.60. The molecule has 1 rings (SSSR count). The van der Waals surface area contributed by atoms with E-state index in [1.54, 1.807) is 12.3 Å². The lowest BCUT2D eigenvalue weighted by Crippen LogP contribution is -2.35. The van der Waals surface area contributed by atoms with Gasteiger partial charge in [0.2, 0.25) is 0 Å². The van der Waals surface area contributed by atoms with Crippen LogP contribution in [-0.2, 0) is 6.54 Å². The molecule has 5 heteroatoms. The summed E-state index contributed by atoms with van der Waals surface area (Å²) >= 11 is 0. The van der Waals surface area contributed by atoms with Crippen LogP contribution in [-0.4, -0.2) is 36.0 Å². The maximum Gasteiger partial charge on any atom is 0.268 e. The molecule has 1 aromatic rings. The Balaban J connectivity index is 2.76. The van der Waals surface area contributed by atoms with Gasteiger partial charge in [-0.2, -0.15) is 5.10 Å². The molecule has 0 aliphatic carbocycles. The number of nitrogens with one attached hydrogen (secondary N) is 1. The fraction of sp³-hybridized carbons (Fsp3) is 0.692. The lowest BCUT2D eigenvalue weighted by atomic mass is 10.3. The van der Waals surface area contributed by atoms with Crippen molar-refractivity contribution in [3.8, 4) is 0 Å². The Morgan fingerprint density at radius 1 is 1.50 bits per heavy atom. The van der Waals surface area contributed by atoms with Crippen LogP contribution in [0.25, 0.3) is 0 Å². The van der Waals surface area contributed by atoms with Crippen LogP contribution in [0.1, 0.15) is 27.2 Å². The van der Waals surface area contributed by atoms with Crippen LogP contribution < -0.4 is 15.8 Å². The van der Waals surface area contributed by atoms with Gasteiger partial charge in [-0.15, -0.1) is 0 Å². The first-order valence-corrected chi connectivity index (χ1v) is 6.60. The average Bonchev–Trinajstić information content (AvgIpc) is 2.32. The fourth-order valence-corrected chi connectivity index (χ4v) is 1.91. The van der Waals surface area contributed by atoms with Gasteiger partial charge < -0.3 is 10.2 Å². The molecule has 0 spiro atoms. The van der Waals surface area contributed by atoms with Crippen molar-refractivity contribution >= 4 is 5.69 Å². The van der Waals surface area contributed by atoms with Gasteiger partial charge in [0, 0.05) is 25.7 Å². The third kappa shape index (κ3) is 4.14. The number of hydrogen-bond donors (Lipinski definition) is 1. The van der Waals surface area contributed by atoms with E-state index >= 15 is 0 Å². The van der Waals surface area contributed by atoms with Gasteiger partial charge in [-0.25, -0.2) is 4.68 Å². The van der Waals surface area contributed by atoms with Crippen molar-refractivity contribution < 1.29 is 0 Å². The maximum atomic E-state index is 11.9.